The summed E-state index contributed by atoms with van der Waals surface area (Å²) in [6, 6.07) is 0. The van der Waals surface area contributed by atoms with Crippen molar-refractivity contribution in [2.75, 3.05) is 33.7 Å². The zero-order valence-electron chi connectivity index (χ0n) is 9.01. The quantitative estimate of drug-likeness (QED) is 0.527. The highest BCUT2D eigenvalue weighted by molar-refractivity contribution is 5.78. The van der Waals surface area contributed by atoms with E-state index in [1.54, 1.807) is 0 Å². The minimum absolute atomic E-state index is 0.759. The molecular formula is C10H21N3. The van der Waals surface area contributed by atoms with Crippen LogP contribution in [0.15, 0.2) is 0 Å². The Labute approximate surface area is 81.2 Å². The molecule has 76 valence electrons. The number of hydrogen-bond donors (Lipinski definition) is 1. The molecule has 0 aromatic rings. The third kappa shape index (κ3) is 2.99. The molecule has 1 saturated heterocycles. The van der Waals surface area contributed by atoms with Crippen molar-refractivity contribution in [1.29, 1.82) is 5.41 Å². The number of hydrogen-bond acceptors (Lipinski definition) is 2. The van der Waals surface area contributed by atoms with E-state index in [4.69, 9.17) is 5.41 Å². The van der Waals surface area contributed by atoms with E-state index in [0.29, 0.717) is 0 Å². The second-order valence-electron chi connectivity index (χ2n) is 4.10. The monoisotopic (exact) mass is 183 g/mol. The van der Waals surface area contributed by atoms with Crippen LogP contribution >= 0.6 is 0 Å². The van der Waals surface area contributed by atoms with E-state index < -0.39 is 0 Å². The molecule has 1 unspecified atom stereocenters. The van der Waals surface area contributed by atoms with Gasteiger partial charge in [0, 0.05) is 26.6 Å². The Morgan fingerprint density at radius 1 is 1.62 bits per heavy atom. The summed E-state index contributed by atoms with van der Waals surface area (Å²) in [5.41, 5.74) is 0. The molecule has 1 atom stereocenters. The topological polar surface area (TPSA) is 30.3 Å². The number of nitrogens with one attached hydrogen (secondary N) is 1. The molecule has 0 aromatic heterocycles. The number of nitrogens with zero attached hydrogens (tertiary/aromatic N) is 2. The summed E-state index contributed by atoms with van der Waals surface area (Å²) >= 11 is 0. The lowest BCUT2D eigenvalue weighted by atomic mass is 10.1. The van der Waals surface area contributed by atoms with Crippen molar-refractivity contribution >= 4 is 5.84 Å². The lowest BCUT2D eigenvalue weighted by Crippen LogP contribution is -2.31. The Kier molecular flexibility index (Phi) is 3.72. The van der Waals surface area contributed by atoms with Gasteiger partial charge in [-0.25, -0.2) is 0 Å². The first-order chi connectivity index (χ1) is 6.13. The molecule has 3 nitrogen and oxygen atoms in total. The van der Waals surface area contributed by atoms with E-state index in [9.17, 15) is 0 Å². The smallest absolute Gasteiger partial charge is 0.0952 e. The van der Waals surface area contributed by atoms with Crippen LogP contribution in [0.1, 0.15) is 19.8 Å². The van der Waals surface area contributed by atoms with Gasteiger partial charge in [-0.3, -0.25) is 5.41 Å². The van der Waals surface area contributed by atoms with Crippen molar-refractivity contribution in [3.05, 3.63) is 0 Å². The predicted molar refractivity (Wildman–Crippen MR) is 56.3 cm³/mol. The molecule has 1 fully saturated rings. The summed E-state index contributed by atoms with van der Waals surface area (Å²) in [4.78, 5) is 4.46. The maximum atomic E-state index is 7.67. The predicted octanol–water partition coefficient (Wildman–Crippen LogP) is 1.26. The normalized spacial score (nSPS) is 23.5. The van der Waals surface area contributed by atoms with Gasteiger partial charge in [-0.2, -0.15) is 0 Å². The molecular weight excluding hydrogens is 162 g/mol. The van der Waals surface area contributed by atoms with Crippen LogP contribution in [0.5, 0.6) is 0 Å². The Balaban J connectivity index is 2.28. The van der Waals surface area contributed by atoms with Crippen LogP contribution in [0.4, 0.5) is 0 Å². The largest absolute Gasteiger partial charge is 0.363 e. The van der Waals surface area contributed by atoms with Gasteiger partial charge in [0.2, 0.25) is 0 Å². The molecule has 0 aliphatic carbocycles. The lowest BCUT2D eigenvalue weighted by molar-refractivity contribution is 0.352. The van der Waals surface area contributed by atoms with Crippen LogP contribution in [0.2, 0.25) is 0 Å². The van der Waals surface area contributed by atoms with Crippen LogP contribution in [0.25, 0.3) is 0 Å². The molecule has 1 aliphatic rings. The first-order valence-corrected chi connectivity index (χ1v) is 5.10. The van der Waals surface area contributed by atoms with Crippen LogP contribution < -0.4 is 0 Å². The van der Waals surface area contributed by atoms with E-state index in [0.717, 1.165) is 24.7 Å². The number of amidine groups is 1. The zero-order valence-corrected chi connectivity index (χ0v) is 9.01. The molecule has 1 heterocycles. The SMILES string of the molecule is CCC(=N)N(C)CC1CCN(C)C1. The second-order valence-corrected chi connectivity index (χ2v) is 4.10. The fourth-order valence-corrected chi connectivity index (χ4v) is 1.94. The number of likely N-dealkylation sites (tertiary alicyclic amines) is 1. The van der Waals surface area contributed by atoms with E-state index in [1.165, 1.54) is 19.5 Å². The second kappa shape index (κ2) is 4.61. The Morgan fingerprint density at radius 2 is 2.31 bits per heavy atom. The van der Waals surface area contributed by atoms with Crippen molar-refractivity contribution < 1.29 is 0 Å². The molecule has 0 saturated carbocycles. The molecule has 3 heteroatoms. The van der Waals surface area contributed by atoms with Gasteiger partial charge in [-0.05, 0) is 25.9 Å². The average molecular weight is 183 g/mol. The van der Waals surface area contributed by atoms with Gasteiger partial charge in [-0.15, -0.1) is 0 Å². The molecule has 0 amide bonds. The highest BCUT2D eigenvalue weighted by Crippen LogP contribution is 2.15. The summed E-state index contributed by atoms with van der Waals surface area (Å²) in [6.07, 6.45) is 2.14. The lowest BCUT2D eigenvalue weighted by Gasteiger charge is -2.22. The average Bonchev–Trinajstić information content (AvgIpc) is 2.49. The molecule has 1 aliphatic heterocycles. The Morgan fingerprint density at radius 3 is 2.77 bits per heavy atom. The third-order valence-corrected chi connectivity index (χ3v) is 2.82. The summed E-state index contributed by atoms with van der Waals surface area (Å²) in [5, 5.41) is 7.67. The standard InChI is InChI=1S/C10H21N3/c1-4-10(11)13(3)8-9-5-6-12(2)7-9/h9,11H,4-8H2,1-3H3. The summed E-state index contributed by atoms with van der Waals surface area (Å²) in [7, 11) is 4.20. The minimum Gasteiger partial charge on any atom is -0.363 e. The minimum atomic E-state index is 0.759. The van der Waals surface area contributed by atoms with Crippen LogP contribution in [0, 0.1) is 11.3 Å². The molecule has 1 rings (SSSR count). The van der Waals surface area contributed by atoms with E-state index in [2.05, 4.69) is 16.8 Å². The molecule has 0 spiro atoms. The van der Waals surface area contributed by atoms with Crippen LogP contribution in [-0.2, 0) is 0 Å². The molecule has 13 heavy (non-hydrogen) atoms. The van der Waals surface area contributed by atoms with Gasteiger partial charge in [0.25, 0.3) is 0 Å². The van der Waals surface area contributed by atoms with Gasteiger partial charge in [-0.1, -0.05) is 6.92 Å². The van der Waals surface area contributed by atoms with Crippen molar-refractivity contribution in [1.82, 2.24) is 9.80 Å². The number of rotatable bonds is 3. The molecule has 0 radical (unpaired) electrons. The molecule has 1 N–H and O–H groups in total. The highest BCUT2D eigenvalue weighted by atomic mass is 15.2. The summed E-state index contributed by atoms with van der Waals surface area (Å²) in [6.45, 7) is 5.51. The van der Waals surface area contributed by atoms with Crippen molar-refractivity contribution in [3.63, 3.8) is 0 Å². The highest BCUT2D eigenvalue weighted by Gasteiger charge is 2.20. The van der Waals surface area contributed by atoms with Crippen LogP contribution in [-0.4, -0.2) is 49.4 Å². The Bertz CT molecular complexity index is 179. The van der Waals surface area contributed by atoms with Crippen molar-refractivity contribution in [3.8, 4) is 0 Å². The van der Waals surface area contributed by atoms with Crippen LogP contribution in [0.3, 0.4) is 0 Å². The van der Waals surface area contributed by atoms with E-state index >= 15 is 0 Å². The van der Waals surface area contributed by atoms with Gasteiger partial charge in [0.15, 0.2) is 0 Å². The van der Waals surface area contributed by atoms with Crippen molar-refractivity contribution in [2.45, 2.75) is 19.8 Å². The summed E-state index contributed by atoms with van der Waals surface area (Å²) in [5.74, 6) is 1.52. The van der Waals surface area contributed by atoms with E-state index in [-0.39, 0.29) is 0 Å². The first-order valence-electron chi connectivity index (χ1n) is 5.10. The van der Waals surface area contributed by atoms with E-state index in [1.807, 2.05) is 14.0 Å². The maximum absolute atomic E-state index is 7.67. The zero-order chi connectivity index (χ0) is 9.84. The molecule has 0 aromatic carbocycles. The van der Waals surface area contributed by atoms with Gasteiger partial charge < -0.3 is 9.80 Å². The third-order valence-electron chi connectivity index (χ3n) is 2.82. The van der Waals surface area contributed by atoms with Crippen molar-refractivity contribution in [2.24, 2.45) is 5.92 Å². The fraction of sp³-hybridized carbons (Fsp3) is 0.900. The van der Waals surface area contributed by atoms with Gasteiger partial charge in [0.05, 0.1) is 5.84 Å². The maximum Gasteiger partial charge on any atom is 0.0952 e. The van der Waals surface area contributed by atoms with Gasteiger partial charge in [0.1, 0.15) is 0 Å². The Hall–Kier alpha value is -0.570. The summed E-state index contributed by atoms with van der Waals surface area (Å²) < 4.78 is 0. The first kappa shape index (κ1) is 10.5. The fourth-order valence-electron chi connectivity index (χ4n) is 1.94. The van der Waals surface area contributed by atoms with Gasteiger partial charge >= 0.3 is 0 Å². The molecule has 0 bridgehead atoms.